The average molecular weight is 125 g/mol. The van der Waals surface area contributed by atoms with Crippen LogP contribution in [0.2, 0.25) is 0 Å². The fourth-order valence-electron chi connectivity index (χ4n) is 0.504. The van der Waals surface area contributed by atoms with E-state index in [0.29, 0.717) is 0 Å². The maximum absolute atomic E-state index is 10.0. The third kappa shape index (κ3) is 1.28. The van der Waals surface area contributed by atoms with Crippen LogP contribution in [0.1, 0.15) is 0 Å². The summed E-state index contributed by atoms with van der Waals surface area (Å²) in [5, 5.41) is 10.0. The van der Waals surface area contributed by atoms with E-state index in [1.54, 1.807) is 12.3 Å². The van der Waals surface area contributed by atoms with Gasteiger partial charge >= 0.3 is 0 Å². The van der Waals surface area contributed by atoms with Crippen LogP contribution in [0.25, 0.3) is 0 Å². The lowest BCUT2D eigenvalue weighted by atomic mass is 10.5. The number of nitrogens with zero attached hydrogens (tertiary/aromatic N) is 2. The zero-order chi connectivity index (χ0) is 6.69. The van der Waals surface area contributed by atoms with Crippen molar-refractivity contribution in [2.24, 2.45) is 4.99 Å². The molecule has 0 aromatic heterocycles. The Bertz CT molecular complexity index is 174. The minimum absolute atomic E-state index is 0.152. The quantitative estimate of drug-likeness (QED) is 0.425. The van der Waals surface area contributed by atoms with Crippen LogP contribution in [0.3, 0.4) is 0 Å². The average Bonchev–Trinajstić information content (AvgIpc) is 1.90. The Morgan fingerprint density at radius 2 is 2.56 bits per heavy atom. The van der Waals surface area contributed by atoms with Crippen LogP contribution in [0, 0.1) is 0 Å². The minimum atomic E-state index is -1.22. The molecule has 4 heteroatoms. The predicted octanol–water partition coefficient (Wildman–Crippen LogP) is -0.813. The summed E-state index contributed by atoms with van der Waals surface area (Å²) in [4.78, 5) is 14.7. The van der Waals surface area contributed by atoms with E-state index in [1.807, 2.05) is 0 Å². The topological polar surface area (TPSA) is 55.7 Å². The van der Waals surface area contributed by atoms with Crippen molar-refractivity contribution in [2.75, 3.05) is 6.67 Å². The number of amides is 1. The molecule has 0 unspecified atom stereocenters. The molecule has 0 aliphatic carbocycles. The lowest BCUT2D eigenvalue weighted by Crippen LogP contribution is -2.38. The van der Waals surface area contributed by atoms with Crippen molar-refractivity contribution in [1.29, 1.82) is 0 Å². The van der Waals surface area contributed by atoms with E-state index < -0.39 is 6.09 Å². The summed E-state index contributed by atoms with van der Waals surface area (Å²) in [5.41, 5.74) is 0. The zero-order valence-corrected chi connectivity index (χ0v) is 4.65. The first-order valence-corrected chi connectivity index (χ1v) is 2.45. The second-order valence-electron chi connectivity index (χ2n) is 1.55. The molecule has 0 bridgehead atoms. The van der Waals surface area contributed by atoms with Gasteiger partial charge in [0.15, 0.2) is 0 Å². The van der Waals surface area contributed by atoms with Gasteiger partial charge in [0.2, 0.25) is 0 Å². The van der Waals surface area contributed by atoms with E-state index in [2.05, 4.69) is 4.99 Å². The van der Waals surface area contributed by atoms with Crippen LogP contribution in [0.5, 0.6) is 0 Å². The minimum Gasteiger partial charge on any atom is -0.530 e. The lowest BCUT2D eigenvalue weighted by Gasteiger charge is -2.19. The number of rotatable bonds is 0. The molecule has 0 aromatic carbocycles. The van der Waals surface area contributed by atoms with Gasteiger partial charge < -0.3 is 14.8 Å². The van der Waals surface area contributed by atoms with Gasteiger partial charge in [-0.05, 0) is 6.08 Å². The van der Waals surface area contributed by atoms with E-state index in [0.717, 1.165) is 4.90 Å². The lowest BCUT2D eigenvalue weighted by molar-refractivity contribution is -0.262. The molecular weight excluding hydrogens is 120 g/mol. The van der Waals surface area contributed by atoms with Crippen molar-refractivity contribution >= 4 is 12.3 Å². The van der Waals surface area contributed by atoms with Crippen molar-refractivity contribution in [3.8, 4) is 0 Å². The highest BCUT2D eigenvalue weighted by Crippen LogP contribution is 1.92. The molecule has 4 nitrogen and oxygen atoms in total. The maximum atomic E-state index is 10.0. The zero-order valence-electron chi connectivity index (χ0n) is 4.65. The highest BCUT2D eigenvalue weighted by atomic mass is 16.4. The molecule has 0 spiro atoms. The maximum Gasteiger partial charge on any atom is 0.142 e. The third-order valence-corrected chi connectivity index (χ3v) is 0.926. The van der Waals surface area contributed by atoms with Crippen molar-refractivity contribution < 1.29 is 9.90 Å². The molecule has 0 aromatic rings. The molecule has 0 saturated carbocycles. The van der Waals surface area contributed by atoms with E-state index in [4.69, 9.17) is 0 Å². The fourth-order valence-corrected chi connectivity index (χ4v) is 0.504. The molecule has 0 saturated heterocycles. The van der Waals surface area contributed by atoms with E-state index in [9.17, 15) is 9.90 Å². The number of carbonyl (C=O) groups excluding carboxylic acids is 1. The van der Waals surface area contributed by atoms with Crippen molar-refractivity contribution in [1.82, 2.24) is 4.90 Å². The Morgan fingerprint density at radius 1 is 1.78 bits per heavy atom. The van der Waals surface area contributed by atoms with Gasteiger partial charge in [-0.1, -0.05) is 0 Å². The highest BCUT2D eigenvalue weighted by Gasteiger charge is 1.97. The summed E-state index contributed by atoms with van der Waals surface area (Å²) in [6.07, 6.45) is 3.27. The molecule has 1 rings (SSSR count). The summed E-state index contributed by atoms with van der Waals surface area (Å²) in [6, 6.07) is 0. The van der Waals surface area contributed by atoms with E-state index in [1.165, 1.54) is 6.20 Å². The van der Waals surface area contributed by atoms with Gasteiger partial charge in [0.05, 0.1) is 0 Å². The predicted molar refractivity (Wildman–Crippen MR) is 29.7 cm³/mol. The number of hydrogen-bond donors (Lipinski definition) is 0. The van der Waals surface area contributed by atoms with Gasteiger partial charge in [-0.2, -0.15) is 0 Å². The summed E-state index contributed by atoms with van der Waals surface area (Å²) < 4.78 is 0. The first kappa shape index (κ1) is 5.81. The van der Waals surface area contributed by atoms with Crippen LogP contribution in [0.4, 0.5) is 4.79 Å². The number of allylic oxidation sites excluding steroid dienone is 1. The smallest absolute Gasteiger partial charge is 0.142 e. The van der Waals surface area contributed by atoms with E-state index in [-0.39, 0.29) is 6.67 Å². The summed E-state index contributed by atoms with van der Waals surface area (Å²) in [5.74, 6) is 0. The molecule has 1 amide bonds. The van der Waals surface area contributed by atoms with E-state index >= 15 is 0 Å². The second kappa shape index (κ2) is 2.30. The Balaban J connectivity index is 2.56. The van der Waals surface area contributed by atoms with Crippen molar-refractivity contribution in [3.05, 3.63) is 12.3 Å². The largest absolute Gasteiger partial charge is 0.530 e. The van der Waals surface area contributed by atoms with Gasteiger partial charge in [0.25, 0.3) is 0 Å². The van der Waals surface area contributed by atoms with Crippen molar-refractivity contribution in [3.63, 3.8) is 0 Å². The van der Waals surface area contributed by atoms with Crippen LogP contribution < -0.4 is 5.11 Å². The van der Waals surface area contributed by atoms with Crippen LogP contribution in [-0.4, -0.2) is 23.9 Å². The summed E-state index contributed by atoms with van der Waals surface area (Å²) in [6.45, 7) is 0.152. The first-order valence-electron chi connectivity index (χ1n) is 2.45. The molecular formula is C5H5N2O2-. The molecule has 1 aliphatic heterocycles. The summed E-state index contributed by atoms with van der Waals surface area (Å²) in [7, 11) is 0. The third-order valence-electron chi connectivity index (χ3n) is 0.926. The molecule has 0 radical (unpaired) electrons. The number of aliphatic imine (C=N–C) groups is 1. The Morgan fingerprint density at radius 3 is 2.89 bits per heavy atom. The van der Waals surface area contributed by atoms with Crippen LogP contribution in [-0.2, 0) is 0 Å². The molecule has 0 atom stereocenters. The Kier molecular flexibility index (Phi) is 1.48. The fraction of sp³-hybridized carbons (Fsp3) is 0.200. The van der Waals surface area contributed by atoms with Gasteiger partial charge in [-0.25, -0.2) is 0 Å². The Labute approximate surface area is 52.1 Å². The summed E-state index contributed by atoms with van der Waals surface area (Å²) >= 11 is 0. The Hall–Kier alpha value is -1.32. The van der Waals surface area contributed by atoms with Crippen molar-refractivity contribution in [2.45, 2.75) is 0 Å². The number of hydrogen-bond acceptors (Lipinski definition) is 3. The van der Waals surface area contributed by atoms with Gasteiger partial charge in [0, 0.05) is 12.4 Å². The highest BCUT2D eigenvalue weighted by molar-refractivity contribution is 5.74. The van der Waals surface area contributed by atoms with Crippen LogP contribution in [0.15, 0.2) is 17.3 Å². The SMILES string of the molecule is O=C([O-])N1C=CC=NC1. The van der Waals surface area contributed by atoms with Gasteiger partial charge in [-0.3, -0.25) is 4.99 Å². The second-order valence-corrected chi connectivity index (χ2v) is 1.55. The van der Waals surface area contributed by atoms with Gasteiger partial charge in [0.1, 0.15) is 12.8 Å². The molecule has 9 heavy (non-hydrogen) atoms. The standard InChI is InChI=1S/C5H6N2O2/c8-5(9)7-3-1-2-6-4-7/h1-3H,4H2,(H,8,9)/p-1. The molecule has 0 N–H and O–H groups in total. The normalized spacial score (nSPS) is 16.2. The van der Waals surface area contributed by atoms with Crippen LogP contribution >= 0.6 is 0 Å². The molecule has 1 heterocycles. The van der Waals surface area contributed by atoms with Gasteiger partial charge in [-0.15, -0.1) is 0 Å². The number of carboxylic acid groups (broad SMARTS) is 1. The molecule has 48 valence electrons. The molecule has 1 aliphatic rings. The molecule has 0 fully saturated rings. The number of carbonyl (C=O) groups is 1. The monoisotopic (exact) mass is 125 g/mol. The first-order chi connectivity index (χ1) is 4.30.